The van der Waals surface area contributed by atoms with Crippen LogP contribution in [0.3, 0.4) is 0 Å². The molecule has 1 unspecified atom stereocenters. The van der Waals surface area contributed by atoms with E-state index in [2.05, 4.69) is 15.7 Å². The van der Waals surface area contributed by atoms with E-state index < -0.39 is 5.82 Å². The van der Waals surface area contributed by atoms with Gasteiger partial charge in [-0.05, 0) is 24.3 Å². The fourth-order valence-corrected chi connectivity index (χ4v) is 3.32. The molecule has 2 N–H and O–H groups in total. The lowest BCUT2D eigenvalue weighted by molar-refractivity contribution is -0.116. The van der Waals surface area contributed by atoms with Crippen LogP contribution in [0.1, 0.15) is 6.42 Å². The average Bonchev–Trinajstić information content (AvgIpc) is 3.02. The topological polar surface area (TPSA) is 59.0 Å². The Kier molecular flexibility index (Phi) is 4.74. The fraction of sp³-hybridized carbons (Fsp3) is 0.333. The Bertz CT molecular complexity index is 641. The predicted molar refractivity (Wildman–Crippen MR) is 85.9 cm³/mol. The van der Waals surface area contributed by atoms with Crippen molar-refractivity contribution in [1.29, 1.82) is 0 Å². The fourth-order valence-electron chi connectivity index (χ4n) is 2.37. The highest BCUT2D eigenvalue weighted by Gasteiger charge is 2.17. The molecule has 1 atom stereocenters. The quantitative estimate of drug-likeness (QED) is 0.905. The lowest BCUT2D eigenvalue weighted by atomic mass is 10.2. The smallest absolute Gasteiger partial charge is 0.225 e. The van der Waals surface area contributed by atoms with Crippen LogP contribution < -0.4 is 10.6 Å². The minimum atomic E-state index is -0.423. The number of anilines is 1. The van der Waals surface area contributed by atoms with Crippen molar-refractivity contribution < 1.29 is 9.18 Å². The molecule has 2 aromatic rings. The van der Waals surface area contributed by atoms with Gasteiger partial charge in [0.2, 0.25) is 5.91 Å². The molecule has 1 aliphatic rings. The number of thioether (sulfide) groups is 1. The lowest BCUT2D eigenvalue weighted by Crippen LogP contribution is -2.39. The Morgan fingerprint density at radius 3 is 3.14 bits per heavy atom. The standard InChI is InChI=1S/C15H17FN4OS/c16-13-8-11(2-3-14(13)20-6-1-4-18-20)19-15(21)9-12-10-22-7-5-17-12/h1-4,6,8,12,17H,5,7,9-10H2,(H,19,21). The molecule has 1 aromatic heterocycles. The number of amides is 1. The number of nitrogens with zero attached hydrogens (tertiary/aromatic N) is 2. The van der Waals surface area contributed by atoms with Gasteiger partial charge in [0.15, 0.2) is 5.82 Å². The molecular formula is C15H17FN4OS. The third-order valence-corrected chi connectivity index (χ3v) is 4.54. The summed E-state index contributed by atoms with van der Waals surface area (Å²) < 4.78 is 15.5. The summed E-state index contributed by atoms with van der Waals surface area (Å²) in [6.07, 6.45) is 3.66. The van der Waals surface area contributed by atoms with Gasteiger partial charge < -0.3 is 10.6 Å². The zero-order chi connectivity index (χ0) is 15.4. The third-order valence-electron chi connectivity index (χ3n) is 3.41. The molecule has 0 saturated carbocycles. The van der Waals surface area contributed by atoms with E-state index in [4.69, 9.17) is 0 Å². The van der Waals surface area contributed by atoms with E-state index in [-0.39, 0.29) is 11.9 Å². The second-order valence-electron chi connectivity index (χ2n) is 5.10. The molecule has 1 amide bonds. The van der Waals surface area contributed by atoms with E-state index >= 15 is 0 Å². The zero-order valence-corrected chi connectivity index (χ0v) is 12.8. The van der Waals surface area contributed by atoms with Gasteiger partial charge in [0.25, 0.3) is 0 Å². The summed E-state index contributed by atoms with van der Waals surface area (Å²) in [4.78, 5) is 12.0. The van der Waals surface area contributed by atoms with Gasteiger partial charge in [-0.25, -0.2) is 9.07 Å². The molecule has 22 heavy (non-hydrogen) atoms. The molecule has 1 saturated heterocycles. The molecule has 0 radical (unpaired) electrons. The maximum atomic E-state index is 14.1. The Balaban J connectivity index is 1.63. The van der Waals surface area contributed by atoms with E-state index in [9.17, 15) is 9.18 Å². The van der Waals surface area contributed by atoms with Crippen LogP contribution in [0.5, 0.6) is 0 Å². The van der Waals surface area contributed by atoms with E-state index in [1.165, 1.54) is 10.7 Å². The second kappa shape index (κ2) is 6.93. The van der Waals surface area contributed by atoms with E-state index in [1.807, 2.05) is 11.8 Å². The summed E-state index contributed by atoms with van der Waals surface area (Å²) in [5, 5.41) is 10.0. The highest BCUT2D eigenvalue weighted by molar-refractivity contribution is 7.99. The van der Waals surface area contributed by atoms with Gasteiger partial charge in [-0.15, -0.1) is 0 Å². The van der Waals surface area contributed by atoms with Gasteiger partial charge in [-0.1, -0.05) is 0 Å². The van der Waals surface area contributed by atoms with Crippen molar-refractivity contribution in [2.75, 3.05) is 23.4 Å². The SMILES string of the molecule is O=C(CC1CSCCN1)Nc1ccc(-n2cccn2)c(F)c1. The van der Waals surface area contributed by atoms with Crippen molar-refractivity contribution in [2.24, 2.45) is 0 Å². The van der Waals surface area contributed by atoms with E-state index in [1.54, 1.807) is 30.6 Å². The summed E-state index contributed by atoms with van der Waals surface area (Å²) in [5.41, 5.74) is 0.815. The monoisotopic (exact) mass is 320 g/mol. The maximum absolute atomic E-state index is 14.1. The highest BCUT2D eigenvalue weighted by atomic mass is 32.2. The summed E-state index contributed by atoms with van der Waals surface area (Å²) in [7, 11) is 0. The minimum absolute atomic E-state index is 0.105. The average molecular weight is 320 g/mol. The molecule has 5 nitrogen and oxygen atoms in total. The first-order valence-corrected chi connectivity index (χ1v) is 8.28. The molecular weight excluding hydrogens is 303 g/mol. The van der Waals surface area contributed by atoms with Crippen LogP contribution in [-0.2, 0) is 4.79 Å². The minimum Gasteiger partial charge on any atom is -0.326 e. The van der Waals surface area contributed by atoms with Crippen LogP contribution in [0, 0.1) is 5.82 Å². The van der Waals surface area contributed by atoms with Crippen LogP contribution in [0.25, 0.3) is 5.69 Å². The van der Waals surface area contributed by atoms with Gasteiger partial charge in [0.05, 0.1) is 0 Å². The number of hydrogen-bond acceptors (Lipinski definition) is 4. The second-order valence-corrected chi connectivity index (χ2v) is 6.24. The molecule has 1 aromatic carbocycles. The van der Waals surface area contributed by atoms with Gasteiger partial charge >= 0.3 is 0 Å². The molecule has 116 valence electrons. The van der Waals surface area contributed by atoms with Crippen molar-refractivity contribution in [3.05, 3.63) is 42.5 Å². The molecule has 0 bridgehead atoms. The van der Waals surface area contributed by atoms with Gasteiger partial charge in [-0.3, -0.25) is 4.79 Å². The van der Waals surface area contributed by atoms with Crippen molar-refractivity contribution >= 4 is 23.4 Å². The largest absolute Gasteiger partial charge is 0.326 e. The van der Waals surface area contributed by atoms with E-state index in [0.29, 0.717) is 17.8 Å². The maximum Gasteiger partial charge on any atom is 0.225 e. The van der Waals surface area contributed by atoms with Crippen molar-refractivity contribution in [1.82, 2.24) is 15.1 Å². The summed E-state index contributed by atoms with van der Waals surface area (Å²) in [6.45, 7) is 0.926. The molecule has 0 spiro atoms. The van der Waals surface area contributed by atoms with Gasteiger partial charge in [-0.2, -0.15) is 16.9 Å². The molecule has 1 fully saturated rings. The molecule has 3 rings (SSSR count). The molecule has 2 heterocycles. The first kappa shape index (κ1) is 15.1. The number of hydrogen-bond donors (Lipinski definition) is 2. The number of benzene rings is 1. The number of carbonyl (C=O) groups excluding carboxylic acids is 1. The first-order valence-electron chi connectivity index (χ1n) is 7.13. The number of aromatic nitrogens is 2. The van der Waals surface area contributed by atoms with Crippen LogP contribution in [0.4, 0.5) is 10.1 Å². The number of halogens is 1. The third kappa shape index (κ3) is 3.66. The van der Waals surface area contributed by atoms with E-state index in [0.717, 1.165) is 18.1 Å². The van der Waals surface area contributed by atoms with Crippen LogP contribution in [-0.4, -0.2) is 39.8 Å². The zero-order valence-electron chi connectivity index (χ0n) is 12.0. The lowest BCUT2D eigenvalue weighted by Gasteiger charge is -2.22. The van der Waals surface area contributed by atoms with Crippen molar-refractivity contribution in [3.63, 3.8) is 0 Å². The normalized spacial score (nSPS) is 18.1. The Morgan fingerprint density at radius 2 is 2.45 bits per heavy atom. The molecule has 0 aliphatic carbocycles. The Labute approximate surface area is 132 Å². The Hall–Kier alpha value is -1.86. The Morgan fingerprint density at radius 1 is 1.55 bits per heavy atom. The molecule has 1 aliphatic heterocycles. The number of carbonyl (C=O) groups is 1. The number of rotatable bonds is 4. The number of nitrogens with one attached hydrogen (secondary N) is 2. The van der Waals surface area contributed by atoms with Crippen LogP contribution in [0.2, 0.25) is 0 Å². The van der Waals surface area contributed by atoms with Gasteiger partial charge in [0, 0.05) is 48.6 Å². The summed E-state index contributed by atoms with van der Waals surface area (Å²) >= 11 is 1.84. The van der Waals surface area contributed by atoms with Crippen molar-refractivity contribution in [2.45, 2.75) is 12.5 Å². The van der Waals surface area contributed by atoms with Crippen molar-refractivity contribution in [3.8, 4) is 5.69 Å². The van der Waals surface area contributed by atoms with Crippen LogP contribution in [0.15, 0.2) is 36.7 Å². The summed E-state index contributed by atoms with van der Waals surface area (Å²) in [6, 6.07) is 6.52. The highest BCUT2D eigenvalue weighted by Crippen LogP contribution is 2.18. The predicted octanol–water partition coefficient (Wildman–Crippen LogP) is 2.04. The van der Waals surface area contributed by atoms with Crippen LogP contribution >= 0.6 is 11.8 Å². The summed E-state index contributed by atoms with van der Waals surface area (Å²) in [5.74, 6) is 1.48. The molecule has 7 heteroatoms. The first-order chi connectivity index (χ1) is 10.7. The van der Waals surface area contributed by atoms with Gasteiger partial charge in [0.1, 0.15) is 5.69 Å².